The third-order valence-electron chi connectivity index (χ3n) is 2.97. The topological polar surface area (TPSA) is 87.6 Å². The Hall–Kier alpha value is -2.21. The summed E-state index contributed by atoms with van der Waals surface area (Å²) in [5, 5.41) is 0. The number of anilines is 2. The Labute approximate surface area is 131 Å². The number of hydrogen-bond donors (Lipinski definition) is 2. The standard InChI is InChI=1S/C15H15BrN2O3/c1-20-12-4-3-11(15(21-2)13(12)16)14(19)8-5-9(17)7-10(18)6-8/h3-7H,17-18H2,1-2H3. The smallest absolute Gasteiger partial charge is 0.196 e. The Kier molecular flexibility index (Phi) is 4.37. The van der Waals surface area contributed by atoms with Crippen LogP contribution in [0.1, 0.15) is 15.9 Å². The molecule has 0 unspecified atom stereocenters. The first-order valence-corrected chi connectivity index (χ1v) is 6.88. The van der Waals surface area contributed by atoms with Crippen LogP contribution in [0.25, 0.3) is 0 Å². The first kappa shape index (κ1) is 15.2. The zero-order chi connectivity index (χ0) is 15.6. The van der Waals surface area contributed by atoms with Crippen molar-refractivity contribution in [3.05, 3.63) is 45.9 Å². The van der Waals surface area contributed by atoms with Crippen LogP contribution in [-0.4, -0.2) is 20.0 Å². The Morgan fingerprint density at radius 2 is 1.67 bits per heavy atom. The lowest BCUT2D eigenvalue weighted by Gasteiger charge is -2.13. The molecular weight excluding hydrogens is 336 g/mol. The Morgan fingerprint density at radius 3 is 2.19 bits per heavy atom. The molecule has 0 heterocycles. The highest BCUT2D eigenvalue weighted by Gasteiger charge is 2.20. The number of ether oxygens (including phenoxy) is 2. The maximum Gasteiger partial charge on any atom is 0.196 e. The molecule has 0 spiro atoms. The molecule has 6 heteroatoms. The largest absolute Gasteiger partial charge is 0.495 e. The first-order valence-electron chi connectivity index (χ1n) is 6.09. The minimum Gasteiger partial charge on any atom is -0.495 e. The molecule has 0 saturated heterocycles. The molecule has 0 fully saturated rings. The molecule has 0 aliphatic rings. The molecule has 0 saturated carbocycles. The van der Waals surface area contributed by atoms with Gasteiger partial charge in [0.05, 0.1) is 19.8 Å². The van der Waals surface area contributed by atoms with Crippen molar-refractivity contribution in [1.82, 2.24) is 0 Å². The summed E-state index contributed by atoms with van der Waals surface area (Å²) >= 11 is 3.37. The van der Waals surface area contributed by atoms with Crippen LogP contribution in [0.2, 0.25) is 0 Å². The number of halogens is 1. The van der Waals surface area contributed by atoms with E-state index in [9.17, 15) is 4.79 Å². The van der Waals surface area contributed by atoms with Gasteiger partial charge in [-0.15, -0.1) is 0 Å². The van der Waals surface area contributed by atoms with Gasteiger partial charge in [0.15, 0.2) is 5.78 Å². The molecule has 0 radical (unpaired) electrons. The number of rotatable bonds is 4. The van der Waals surface area contributed by atoms with E-state index in [4.69, 9.17) is 20.9 Å². The fourth-order valence-corrected chi connectivity index (χ4v) is 2.71. The van der Waals surface area contributed by atoms with Crippen LogP contribution in [-0.2, 0) is 0 Å². The van der Waals surface area contributed by atoms with Crippen LogP contribution in [0.4, 0.5) is 11.4 Å². The second kappa shape index (κ2) is 6.05. The van der Waals surface area contributed by atoms with Crippen molar-refractivity contribution in [1.29, 1.82) is 0 Å². The number of nitrogens with two attached hydrogens (primary N) is 2. The quantitative estimate of drug-likeness (QED) is 0.653. The van der Waals surface area contributed by atoms with Gasteiger partial charge in [0, 0.05) is 16.9 Å². The van der Waals surface area contributed by atoms with Gasteiger partial charge in [0.2, 0.25) is 0 Å². The van der Waals surface area contributed by atoms with Crippen LogP contribution in [0.5, 0.6) is 11.5 Å². The monoisotopic (exact) mass is 350 g/mol. The SMILES string of the molecule is COc1ccc(C(=O)c2cc(N)cc(N)c2)c(OC)c1Br. The molecule has 0 atom stereocenters. The molecule has 0 bridgehead atoms. The van der Waals surface area contributed by atoms with Crippen molar-refractivity contribution in [2.45, 2.75) is 0 Å². The molecule has 0 aliphatic heterocycles. The third-order valence-corrected chi connectivity index (χ3v) is 3.72. The van der Waals surface area contributed by atoms with Gasteiger partial charge in [-0.25, -0.2) is 0 Å². The molecule has 0 aliphatic carbocycles. The number of carbonyl (C=O) groups is 1. The number of hydrogen-bond acceptors (Lipinski definition) is 5. The first-order chi connectivity index (χ1) is 9.97. The Morgan fingerprint density at radius 1 is 1.05 bits per heavy atom. The number of nitrogen functional groups attached to an aromatic ring is 2. The van der Waals surface area contributed by atoms with Crippen molar-refractivity contribution >= 4 is 33.1 Å². The van der Waals surface area contributed by atoms with Gasteiger partial charge in [-0.2, -0.15) is 0 Å². The summed E-state index contributed by atoms with van der Waals surface area (Å²) in [4.78, 5) is 12.6. The molecule has 5 nitrogen and oxygen atoms in total. The van der Waals surface area contributed by atoms with Gasteiger partial charge < -0.3 is 20.9 Å². The van der Waals surface area contributed by atoms with E-state index in [0.29, 0.717) is 38.5 Å². The van der Waals surface area contributed by atoms with Gasteiger partial charge in [0.25, 0.3) is 0 Å². The molecule has 2 rings (SSSR count). The molecule has 2 aromatic carbocycles. The van der Waals surface area contributed by atoms with E-state index in [2.05, 4.69) is 15.9 Å². The highest BCUT2D eigenvalue weighted by Crippen LogP contribution is 2.38. The minimum atomic E-state index is -0.228. The number of ketones is 1. The summed E-state index contributed by atoms with van der Waals surface area (Å²) in [6, 6.07) is 8.09. The summed E-state index contributed by atoms with van der Waals surface area (Å²) in [7, 11) is 3.03. The second-order valence-electron chi connectivity index (χ2n) is 4.38. The van der Waals surface area contributed by atoms with Crippen molar-refractivity contribution < 1.29 is 14.3 Å². The highest BCUT2D eigenvalue weighted by atomic mass is 79.9. The third kappa shape index (κ3) is 2.95. The molecule has 0 aromatic heterocycles. The zero-order valence-electron chi connectivity index (χ0n) is 11.6. The Bertz CT molecular complexity index is 681. The van der Waals surface area contributed by atoms with E-state index in [0.717, 1.165) is 0 Å². The van der Waals surface area contributed by atoms with Gasteiger partial charge >= 0.3 is 0 Å². The van der Waals surface area contributed by atoms with Gasteiger partial charge in [-0.3, -0.25) is 4.79 Å². The maximum atomic E-state index is 12.6. The van der Waals surface area contributed by atoms with Crippen molar-refractivity contribution in [3.63, 3.8) is 0 Å². The fourth-order valence-electron chi connectivity index (χ4n) is 2.04. The van der Waals surface area contributed by atoms with Crippen LogP contribution in [0.15, 0.2) is 34.8 Å². The van der Waals surface area contributed by atoms with E-state index in [1.807, 2.05) is 0 Å². The summed E-state index contributed by atoms with van der Waals surface area (Å²) in [6.07, 6.45) is 0. The van der Waals surface area contributed by atoms with E-state index in [1.165, 1.54) is 7.11 Å². The van der Waals surface area contributed by atoms with E-state index >= 15 is 0 Å². The average molecular weight is 351 g/mol. The highest BCUT2D eigenvalue weighted by molar-refractivity contribution is 9.10. The van der Waals surface area contributed by atoms with Crippen molar-refractivity contribution in [2.75, 3.05) is 25.7 Å². The van der Waals surface area contributed by atoms with E-state index in [-0.39, 0.29) is 5.78 Å². The van der Waals surface area contributed by atoms with Crippen LogP contribution in [0, 0.1) is 0 Å². The van der Waals surface area contributed by atoms with E-state index in [1.54, 1.807) is 37.4 Å². The van der Waals surface area contributed by atoms with Crippen LogP contribution >= 0.6 is 15.9 Å². The number of methoxy groups -OCH3 is 2. The summed E-state index contributed by atoms with van der Waals surface area (Å²) in [6.45, 7) is 0. The van der Waals surface area contributed by atoms with Crippen molar-refractivity contribution in [2.24, 2.45) is 0 Å². The zero-order valence-corrected chi connectivity index (χ0v) is 13.2. The van der Waals surface area contributed by atoms with Crippen LogP contribution < -0.4 is 20.9 Å². The number of benzene rings is 2. The Balaban J connectivity index is 2.55. The number of carbonyl (C=O) groups excluding carboxylic acids is 1. The summed E-state index contributed by atoms with van der Waals surface area (Å²) in [5.41, 5.74) is 13.1. The normalized spacial score (nSPS) is 10.2. The fraction of sp³-hybridized carbons (Fsp3) is 0.133. The van der Waals surface area contributed by atoms with Crippen molar-refractivity contribution in [3.8, 4) is 11.5 Å². The van der Waals surface area contributed by atoms with E-state index < -0.39 is 0 Å². The second-order valence-corrected chi connectivity index (χ2v) is 5.17. The predicted molar refractivity (Wildman–Crippen MR) is 85.9 cm³/mol. The lowest BCUT2D eigenvalue weighted by molar-refractivity contribution is 0.103. The average Bonchev–Trinajstić information content (AvgIpc) is 2.45. The molecule has 110 valence electrons. The predicted octanol–water partition coefficient (Wildman–Crippen LogP) is 2.86. The molecule has 0 amide bonds. The lowest BCUT2D eigenvalue weighted by atomic mass is 10.0. The molecule has 21 heavy (non-hydrogen) atoms. The molecule has 2 aromatic rings. The minimum absolute atomic E-state index is 0.228. The lowest BCUT2D eigenvalue weighted by Crippen LogP contribution is -2.06. The molecular formula is C15H15BrN2O3. The van der Waals surface area contributed by atoms with Gasteiger partial charge in [-0.1, -0.05) is 0 Å². The maximum absolute atomic E-state index is 12.6. The summed E-state index contributed by atoms with van der Waals surface area (Å²) in [5.74, 6) is 0.755. The summed E-state index contributed by atoms with van der Waals surface area (Å²) < 4.78 is 11.1. The molecule has 4 N–H and O–H groups in total. The van der Waals surface area contributed by atoms with Gasteiger partial charge in [-0.05, 0) is 46.3 Å². The van der Waals surface area contributed by atoms with Gasteiger partial charge in [0.1, 0.15) is 16.0 Å². The van der Waals surface area contributed by atoms with Crippen LogP contribution in [0.3, 0.4) is 0 Å².